The Bertz CT molecular complexity index is 1880. The van der Waals surface area contributed by atoms with E-state index in [1.807, 2.05) is 68.4 Å². The number of esters is 1. The van der Waals surface area contributed by atoms with Gasteiger partial charge in [0.1, 0.15) is 18.1 Å². The van der Waals surface area contributed by atoms with Crippen molar-refractivity contribution in [3.63, 3.8) is 0 Å². The van der Waals surface area contributed by atoms with Crippen LogP contribution in [0.5, 0.6) is 11.5 Å². The van der Waals surface area contributed by atoms with Crippen LogP contribution >= 0.6 is 34.5 Å². The van der Waals surface area contributed by atoms with E-state index in [0.29, 0.717) is 42.1 Å². The molecule has 1 aromatic heterocycles. The number of ether oxygens (including phenoxy) is 3. The maximum Gasteiger partial charge on any atom is 0.338 e. The highest BCUT2D eigenvalue weighted by Crippen LogP contribution is 2.32. The van der Waals surface area contributed by atoms with Gasteiger partial charge in [0.2, 0.25) is 0 Å². The summed E-state index contributed by atoms with van der Waals surface area (Å²) in [5, 5.41) is 1.08. The molecule has 0 bridgehead atoms. The number of allylic oxidation sites excluding steroid dienone is 1. The molecule has 0 spiro atoms. The summed E-state index contributed by atoms with van der Waals surface area (Å²) in [6, 6.07) is 19.4. The van der Waals surface area contributed by atoms with Crippen molar-refractivity contribution >= 4 is 46.6 Å². The summed E-state index contributed by atoms with van der Waals surface area (Å²) >= 11 is 13.6. The number of benzene rings is 3. The largest absolute Gasteiger partial charge is 0.491 e. The molecule has 0 radical (unpaired) electrons. The standard InChI is InChI=1S/C33H30Cl2N2O5S/c1-5-40-32(39)29-20(4)36-33-37(30(29)22-10-13-25(14-11-22)42-19(2)3)31(38)28(43-33)16-21-7-6-8-26(15-21)41-18-23-9-12-24(34)17-27(23)35/h6-17,19,30H,5,18H2,1-4H3/b28-16-/t30-/m1/s1. The monoisotopic (exact) mass is 636 g/mol. The average Bonchev–Trinajstić information content (AvgIpc) is 3.26. The number of carbonyl (C=O) groups is 1. The highest BCUT2D eigenvalue weighted by Gasteiger charge is 2.33. The van der Waals surface area contributed by atoms with E-state index in [9.17, 15) is 9.59 Å². The van der Waals surface area contributed by atoms with Crippen molar-refractivity contribution in [3.8, 4) is 11.5 Å². The van der Waals surface area contributed by atoms with Gasteiger partial charge in [-0.2, -0.15) is 0 Å². The summed E-state index contributed by atoms with van der Waals surface area (Å²) in [6.45, 7) is 7.88. The van der Waals surface area contributed by atoms with Crippen LogP contribution in [0.15, 0.2) is 87.8 Å². The minimum Gasteiger partial charge on any atom is -0.491 e. The number of nitrogens with zero attached hydrogens (tertiary/aromatic N) is 2. The van der Waals surface area contributed by atoms with Crippen LogP contribution in [0, 0.1) is 0 Å². The van der Waals surface area contributed by atoms with Crippen molar-refractivity contribution in [2.24, 2.45) is 4.99 Å². The lowest BCUT2D eigenvalue weighted by atomic mass is 9.96. The van der Waals surface area contributed by atoms with Gasteiger partial charge in [-0.3, -0.25) is 9.36 Å². The van der Waals surface area contributed by atoms with Gasteiger partial charge >= 0.3 is 5.97 Å². The summed E-state index contributed by atoms with van der Waals surface area (Å²) in [4.78, 5) is 32.2. The Morgan fingerprint density at radius 3 is 2.53 bits per heavy atom. The molecule has 10 heteroatoms. The lowest BCUT2D eigenvalue weighted by Gasteiger charge is -2.25. The zero-order valence-corrected chi connectivity index (χ0v) is 26.4. The SMILES string of the molecule is CCOC(=O)C1=C(C)N=c2s/c(=C\c3cccc(OCc4ccc(Cl)cc4Cl)c3)c(=O)n2[C@@H]1c1ccc(OC(C)C)cc1. The third kappa shape index (κ3) is 6.88. The summed E-state index contributed by atoms with van der Waals surface area (Å²) in [7, 11) is 0. The Morgan fingerprint density at radius 1 is 1.07 bits per heavy atom. The normalized spacial score (nSPS) is 14.9. The first kappa shape index (κ1) is 30.6. The highest BCUT2D eigenvalue weighted by atomic mass is 35.5. The summed E-state index contributed by atoms with van der Waals surface area (Å²) in [6.07, 6.45) is 1.81. The highest BCUT2D eigenvalue weighted by molar-refractivity contribution is 7.07. The van der Waals surface area contributed by atoms with Crippen molar-refractivity contribution in [3.05, 3.63) is 124 Å². The third-order valence-electron chi connectivity index (χ3n) is 6.65. The zero-order chi connectivity index (χ0) is 30.7. The fourth-order valence-electron chi connectivity index (χ4n) is 4.75. The molecule has 43 heavy (non-hydrogen) atoms. The first-order valence-corrected chi connectivity index (χ1v) is 15.3. The zero-order valence-electron chi connectivity index (χ0n) is 24.1. The second kappa shape index (κ2) is 13.2. The summed E-state index contributed by atoms with van der Waals surface area (Å²) < 4.78 is 19.2. The summed E-state index contributed by atoms with van der Waals surface area (Å²) in [5.74, 6) is 0.815. The number of thiazole rings is 1. The number of rotatable bonds is 9. The van der Waals surface area contributed by atoms with E-state index in [2.05, 4.69) is 4.99 Å². The molecule has 0 amide bonds. The summed E-state index contributed by atoms with van der Waals surface area (Å²) in [5.41, 5.74) is 2.91. The number of hydrogen-bond donors (Lipinski definition) is 0. The maximum absolute atomic E-state index is 13.9. The topological polar surface area (TPSA) is 79.1 Å². The molecular weight excluding hydrogens is 607 g/mol. The average molecular weight is 638 g/mol. The van der Waals surface area contributed by atoms with Gasteiger partial charge in [-0.25, -0.2) is 9.79 Å². The second-order valence-electron chi connectivity index (χ2n) is 10.1. The number of fused-ring (bicyclic) bond motifs is 1. The Kier molecular flexibility index (Phi) is 9.40. The van der Waals surface area contributed by atoms with Gasteiger partial charge < -0.3 is 14.2 Å². The van der Waals surface area contributed by atoms with E-state index >= 15 is 0 Å². The van der Waals surface area contributed by atoms with Crippen LogP contribution in [0.3, 0.4) is 0 Å². The van der Waals surface area contributed by atoms with Crippen LogP contribution in [0.1, 0.15) is 50.4 Å². The van der Waals surface area contributed by atoms with Crippen molar-refractivity contribution in [2.75, 3.05) is 6.61 Å². The quantitative estimate of drug-likeness (QED) is 0.197. The van der Waals surface area contributed by atoms with Crippen LogP contribution in [-0.2, 0) is 16.1 Å². The van der Waals surface area contributed by atoms with Gasteiger partial charge in [0, 0.05) is 15.6 Å². The molecule has 4 aromatic rings. The minimum atomic E-state index is -0.704. The Hall–Kier alpha value is -3.85. The van der Waals surface area contributed by atoms with Crippen LogP contribution < -0.4 is 24.4 Å². The van der Waals surface area contributed by atoms with Gasteiger partial charge in [-0.05, 0) is 81.3 Å². The minimum absolute atomic E-state index is 0.0138. The number of halogens is 2. The van der Waals surface area contributed by atoms with Crippen LogP contribution in [-0.4, -0.2) is 23.2 Å². The van der Waals surface area contributed by atoms with Crippen molar-refractivity contribution in [1.29, 1.82) is 0 Å². The molecule has 222 valence electrons. The van der Waals surface area contributed by atoms with Gasteiger partial charge in [0.25, 0.3) is 5.56 Å². The molecule has 1 atom stereocenters. The fraction of sp³-hybridized carbons (Fsp3) is 0.242. The number of aromatic nitrogens is 1. The Morgan fingerprint density at radius 2 is 1.84 bits per heavy atom. The van der Waals surface area contributed by atoms with Crippen LogP contribution in [0.2, 0.25) is 10.0 Å². The van der Waals surface area contributed by atoms with Crippen LogP contribution in [0.25, 0.3) is 6.08 Å². The van der Waals surface area contributed by atoms with Crippen molar-refractivity contribution in [2.45, 2.75) is 46.4 Å². The predicted octanol–water partition coefficient (Wildman–Crippen LogP) is 6.47. The fourth-order valence-corrected chi connectivity index (χ4v) is 6.26. The van der Waals surface area contributed by atoms with E-state index in [4.69, 9.17) is 37.4 Å². The molecule has 1 aliphatic heterocycles. The molecule has 0 saturated carbocycles. The lowest BCUT2D eigenvalue weighted by Crippen LogP contribution is -2.39. The maximum atomic E-state index is 13.9. The molecule has 0 aliphatic carbocycles. The lowest BCUT2D eigenvalue weighted by molar-refractivity contribution is -0.139. The van der Waals surface area contributed by atoms with Crippen molar-refractivity contribution < 1.29 is 19.0 Å². The van der Waals surface area contributed by atoms with Gasteiger partial charge in [-0.1, -0.05) is 64.9 Å². The molecule has 5 rings (SSSR count). The van der Waals surface area contributed by atoms with E-state index in [0.717, 1.165) is 16.7 Å². The van der Waals surface area contributed by atoms with E-state index in [1.165, 1.54) is 11.3 Å². The number of carbonyl (C=O) groups excluding carboxylic acids is 1. The van der Waals surface area contributed by atoms with Gasteiger partial charge in [-0.15, -0.1) is 0 Å². The van der Waals surface area contributed by atoms with Crippen molar-refractivity contribution in [1.82, 2.24) is 4.57 Å². The number of hydrogen-bond acceptors (Lipinski definition) is 7. The Labute approximate surface area is 263 Å². The van der Waals surface area contributed by atoms with Gasteiger partial charge in [0.15, 0.2) is 4.80 Å². The first-order chi connectivity index (χ1) is 20.6. The molecule has 0 unspecified atom stereocenters. The van der Waals surface area contributed by atoms with Crippen LogP contribution in [0.4, 0.5) is 0 Å². The predicted molar refractivity (Wildman–Crippen MR) is 170 cm³/mol. The molecule has 7 nitrogen and oxygen atoms in total. The molecule has 0 fully saturated rings. The molecule has 2 heterocycles. The third-order valence-corrected chi connectivity index (χ3v) is 8.22. The Balaban J connectivity index is 1.52. The van der Waals surface area contributed by atoms with E-state index in [1.54, 1.807) is 36.6 Å². The smallest absolute Gasteiger partial charge is 0.338 e. The molecule has 0 saturated heterocycles. The van der Waals surface area contributed by atoms with E-state index in [-0.39, 0.29) is 24.9 Å². The van der Waals surface area contributed by atoms with Gasteiger partial charge in [0.05, 0.1) is 34.6 Å². The molecular formula is C33H30Cl2N2O5S. The van der Waals surface area contributed by atoms with E-state index < -0.39 is 12.0 Å². The first-order valence-electron chi connectivity index (χ1n) is 13.8. The molecule has 1 aliphatic rings. The second-order valence-corrected chi connectivity index (χ2v) is 12.0. The molecule has 0 N–H and O–H groups in total. The molecule has 3 aromatic carbocycles.